The van der Waals surface area contributed by atoms with Gasteiger partial charge < -0.3 is 4.43 Å². The van der Waals surface area contributed by atoms with Crippen LogP contribution in [-0.4, -0.2) is 16.5 Å². The van der Waals surface area contributed by atoms with E-state index in [0.29, 0.717) is 10.5 Å². The molecule has 0 rings (SSSR count). The molecule has 0 atom stereocenters. The molecule has 2 nitrogen and oxygen atoms in total. The van der Waals surface area contributed by atoms with E-state index in [1.165, 1.54) is 0 Å². The Bertz CT molecular complexity index is 145. The van der Waals surface area contributed by atoms with Crippen LogP contribution in [0.4, 0.5) is 0 Å². The van der Waals surface area contributed by atoms with Crippen molar-refractivity contribution in [3.63, 3.8) is 0 Å². The highest BCUT2D eigenvalue weighted by atomic mass is 28.2. The average molecular weight is 144 g/mol. The molecule has 9 heavy (non-hydrogen) atoms. The van der Waals surface area contributed by atoms with Gasteiger partial charge in [0.05, 0.1) is 0 Å². The van der Waals surface area contributed by atoms with Crippen molar-refractivity contribution in [2.75, 3.05) is 0 Å². The van der Waals surface area contributed by atoms with Crippen molar-refractivity contribution in [3.8, 4) is 0 Å². The van der Waals surface area contributed by atoms with Gasteiger partial charge in [0.15, 0.2) is 0 Å². The first-order valence-electron chi connectivity index (χ1n) is 2.82. The summed E-state index contributed by atoms with van der Waals surface area (Å²) in [6.07, 6.45) is 0. The van der Waals surface area contributed by atoms with E-state index >= 15 is 0 Å². The van der Waals surface area contributed by atoms with Gasteiger partial charge in [-0.15, -0.1) is 0 Å². The lowest BCUT2D eigenvalue weighted by Crippen LogP contribution is -2.03. The van der Waals surface area contributed by atoms with Crippen LogP contribution in [0.5, 0.6) is 0 Å². The molecule has 0 spiro atoms. The second kappa shape index (κ2) is 3.45. The van der Waals surface area contributed by atoms with Crippen molar-refractivity contribution in [3.05, 3.63) is 11.1 Å². The first-order valence-corrected chi connectivity index (χ1v) is 3.63. The molecular formula is C6H12O2Si. The second-order valence-corrected chi connectivity index (χ2v) is 2.52. The minimum Gasteiger partial charge on any atom is -0.526 e. The first-order chi connectivity index (χ1) is 4.09. The zero-order chi connectivity index (χ0) is 7.44. The zero-order valence-corrected chi connectivity index (χ0v) is 8.32. The average Bonchev–Trinajstić information content (AvgIpc) is 1.84. The fourth-order valence-corrected chi connectivity index (χ4v) is 0.663. The SMILES string of the molecule is CC(C)=C(C)C(=O)O[SiH3]. The number of hydrogen-bond acceptors (Lipinski definition) is 2. The minimum absolute atomic E-state index is 0.179. The van der Waals surface area contributed by atoms with Crippen LogP contribution in [0.2, 0.25) is 0 Å². The van der Waals surface area contributed by atoms with Crippen molar-refractivity contribution in [2.45, 2.75) is 20.8 Å². The Hall–Kier alpha value is -0.573. The van der Waals surface area contributed by atoms with E-state index in [2.05, 4.69) is 4.43 Å². The summed E-state index contributed by atoms with van der Waals surface area (Å²) in [5.41, 5.74) is 1.75. The van der Waals surface area contributed by atoms with Gasteiger partial charge in [0.25, 0.3) is 0 Å². The molecule has 0 aromatic carbocycles. The van der Waals surface area contributed by atoms with Crippen LogP contribution in [0, 0.1) is 0 Å². The van der Waals surface area contributed by atoms with Crippen LogP contribution in [0.25, 0.3) is 0 Å². The lowest BCUT2D eigenvalue weighted by Gasteiger charge is -1.99. The lowest BCUT2D eigenvalue weighted by molar-refractivity contribution is -0.129. The smallest absolute Gasteiger partial charge is 0.319 e. The Morgan fingerprint density at radius 2 is 1.78 bits per heavy atom. The number of carbonyl (C=O) groups is 1. The Labute approximate surface area is 58.4 Å². The van der Waals surface area contributed by atoms with Gasteiger partial charge in [-0.3, -0.25) is 0 Å². The Morgan fingerprint density at radius 1 is 1.33 bits per heavy atom. The highest BCUT2D eigenvalue weighted by molar-refractivity contribution is 6.09. The highest BCUT2D eigenvalue weighted by Crippen LogP contribution is 2.02. The van der Waals surface area contributed by atoms with Gasteiger partial charge in [-0.1, -0.05) is 5.57 Å². The number of rotatable bonds is 1. The summed E-state index contributed by atoms with van der Waals surface area (Å²) < 4.78 is 4.62. The normalized spacial score (nSPS) is 8.78. The van der Waals surface area contributed by atoms with Crippen LogP contribution in [-0.2, 0) is 9.22 Å². The largest absolute Gasteiger partial charge is 0.526 e. The molecule has 0 saturated carbocycles. The van der Waals surface area contributed by atoms with E-state index in [1.807, 2.05) is 13.8 Å². The van der Waals surface area contributed by atoms with Crippen LogP contribution < -0.4 is 0 Å². The highest BCUT2D eigenvalue weighted by Gasteiger charge is 2.01. The summed E-state index contributed by atoms with van der Waals surface area (Å²) in [6, 6.07) is 0. The van der Waals surface area contributed by atoms with E-state index in [4.69, 9.17) is 0 Å². The summed E-state index contributed by atoms with van der Waals surface area (Å²) in [5.74, 6) is -0.179. The maximum Gasteiger partial charge on any atom is 0.319 e. The van der Waals surface area contributed by atoms with Gasteiger partial charge in [-0.2, -0.15) is 0 Å². The third kappa shape index (κ3) is 2.46. The van der Waals surface area contributed by atoms with Crippen LogP contribution in [0.3, 0.4) is 0 Å². The lowest BCUT2D eigenvalue weighted by atomic mass is 10.2. The van der Waals surface area contributed by atoms with Crippen molar-refractivity contribution >= 4 is 16.5 Å². The van der Waals surface area contributed by atoms with E-state index in [0.717, 1.165) is 11.1 Å². The molecule has 0 radical (unpaired) electrons. The molecule has 0 aliphatic carbocycles. The van der Waals surface area contributed by atoms with Gasteiger partial charge in [0, 0.05) is 5.57 Å². The van der Waals surface area contributed by atoms with Gasteiger partial charge in [-0.05, 0) is 20.8 Å². The van der Waals surface area contributed by atoms with Gasteiger partial charge >= 0.3 is 5.97 Å². The van der Waals surface area contributed by atoms with E-state index < -0.39 is 0 Å². The monoisotopic (exact) mass is 144 g/mol. The van der Waals surface area contributed by atoms with E-state index in [-0.39, 0.29) is 5.97 Å². The Kier molecular flexibility index (Phi) is 3.23. The van der Waals surface area contributed by atoms with Gasteiger partial charge in [0.2, 0.25) is 10.5 Å². The van der Waals surface area contributed by atoms with Gasteiger partial charge in [-0.25, -0.2) is 4.79 Å². The summed E-state index contributed by atoms with van der Waals surface area (Å²) in [5, 5.41) is 0. The number of allylic oxidation sites excluding steroid dienone is 1. The zero-order valence-electron chi connectivity index (χ0n) is 6.32. The Balaban J connectivity index is 4.21. The molecule has 52 valence electrons. The van der Waals surface area contributed by atoms with E-state index in [9.17, 15) is 4.79 Å². The second-order valence-electron chi connectivity index (χ2n) is 2.12. The molecule has 0 heterocycles. The minimum atomic E-state index is -0.179. The van der Waals surface area contributed by atoms with Crippen LogP contribution in [0.1, 0.15) is 20.8 Å². The molecule has 0 aromatic rings. The van der Waals surface area contributed by atoms with Crippen molar-refractivity contribution in [2.24, 2.45) is 0 Å². The molecule has 0 aliphatic rings. The first kappa shape index (κ1) is 8.43. The van der Waals surface area contributed by atoms with Crippen LogP contribution in [0.15, 0.2) is 11.1 Å². The van der Waals surface area contributed by atoms with Crippen molar-refractivity contribution < 1.29 is 9.22 Å². The third-order valence-corrected chi connectivity index (χ3v) is 1.61. The predicted molar refractivity (Wildman–Crippen MR) is 40.1 cm³/mol. The molecule has 0 aliphatic heterocycles. The topological polar surface area (TPSA) is 26.3 Å². The third-order valence-electron chi connectivity index (χ3n) is 1.24. The fourth-order valence-electron chi connectivity index (χ4n) is 0.357. The molecule has 0 N–H and O–H groups in total. The summed E-state index contributed by atoms with van der Waals surface area (Å²) in [6.45, 7) is 5.57. The van der Waals surface area contributed by atoms with Crippen molar-refractivity contribution in [1.82, 2.24) is 0 Å². The quantitative estimate of drug-likeness (QED) is 0.387. The van der Waals surface area contributed by atoms with Crippen LogP contribution >= 0.6 is 0 Å². The molecule has 3 heteroatoms. The molecule has 0 aromatic heterocycles. The fraction of sp³-hybridized carbons (Fsp3) is 0.500. The molecule has 0 fully saturated rings. The standard InChI is InChI=1S/C6H12O2Si/c1-4(2)5(3)6(7)8-9/h1-3,9H3. The molecule has 0 saturated heterocycles. The number of carbonyl (C=O) groups excluding carboxylic acids is 1. The molecular weight excluding hydrogens is 132 g/mol. The summed E-state index contributed by atoms with van der Waals surface area (Å²) >= 11 is 0. The molecule has 0 amide bonds. The molecule has 0 bridgehead atoms. The van der Waals surface area contributed by atoms with Gasteiger partial charge in [0.1, 0.15) is 0 Å². The predicted octanol–water partition coefficient (Wildman–Crippen LogP) is 0.166. The maximum atomic E-state index is 10.7. The molecule has 0 unspecified atom stereocenters. The summed E-state index contributed by atoms with van der Waals surface area (Å²) in [7, 11) is 0.483. The Morgan fingerprint density at radius 3 is 1.89 bits per heavy atom. The maximum absolute atomic E-state index is 10.7. The summed E-state index contributed by atoms with van der Waals surface area (Å²) in [4.78, 5) is 10.7. The number of hydrogen-bond donors (Lipinski definition) is 0. The van der Waals surface area contributed by atoms with E-state index in [1.54, 1.807) is 6.92 Å². The van der Waals surface area contributed by atoms with Crippen molar-refractivity contribution in [1.29, 1.82) is 0 Å².